The van der Waals surface area contributed by atoms with Crippen LogP contribution in [-0.2, 0) is 6.54 Å². The lowest BCUT2D eigenvalue weighted by molar-refractivity contribution is -0.0120. The molecule has 5 aliphatic carbocycles. The summed E-state index contributed by atoms with van der Waals surface area (Å²) in [5.41, 5.74) is 0.647. The van der Waals surface area contributed by atoms with E-state index in [-0.39, 0.29) is 5.91 Å². The van der Waals surface area contributed by atoms with Crippen LogP contribution in [0.15, 0.2) is 6.20 Å². The highest BCUT2D eigenvalue weighted by Gasteiger charge is 2.48. The number of amides is 1. The summed E-state index contributed by atoms with van der Waals surface area (Å²) in [6.45, 7) is 4.66. The fraction of sp³-hybridized carbons (Fsp3) is 0.862. The van der Waals surface area contributed by atoms with Gasteiger partial charge in [-0.05, 0) is 108 Å². The summed E-state index contributed by atoms with van der Waals surface area (Å²) >= 11 is 0. The molecule has 200 valence electrons. The Morgan fingerprint density at radius 2 is 1.67 bits per heavy atom. The Bertz CT molecular complexity index is 858. The minimum atomic E-state index is 0.0344. The van der Waals surface area contributed by atoms with E-state index in [2.05, 4.69) is 22.6 Å². The molecule has 6 fully saturated rings. The van der Waals surface area contributed by atoms with Crippen molar-refractivity contribution in [2.24, 2.45) is 29.6 Å². The van der Waals surface area contributed by atoms with Gasteiger partial charge in [0, 0.05) is 18.6 Å². The molecule has 36 heavy (non-hydrogen) atoms. The molecule has 6 aliphatic rings. The smallest absolute Gasteiger partial charge is 0.258 e. The van der Waals surface area contributed by atoms with E-state index in [0.717, 1.165) is 38.0 Å². The highest BCUT2D eigenvalue weighted by Crippen LogP contribution is 2.53. The average molecular weight is 498 g/mol. The van der Waals surface area contributed by atoms with E-state index in [4.69, 9.17) is 9.84 Å². The van der Waals surface area contributed by atoms with Crippen LogP contribution >= 0.6 is 0 Å². The molecule has 1 aromatic heterocycles. The molecule has 2 heterocycles. The van der Waals surface area contributed by atoms with Gasteiger partial charge in [0.15, 0.2) is 0 Å². The van der Waals surface area contributed by atoms with Crippen molar-refractivity contribution in [1.29, 1.82) is 0 Å². The van der Waals surface area contributed by atoms with Crippen molar-refractivity contribution in [1.82, 2.24) is 25.3 Å². The Labute approximate surface area is 217 Å². The molecule has 1 amide bonds. The van der Waals surface area contributed by atoms with Crippen LogP contribution in [0, 0.1) is 29.6 Å². The summed E-state index contributed by atoms with van der Waals surface area (Å²) in [7, 11) is 2.07. The molecule has 1 aromatic rings. The number of rotatable bonds is 9. The highest BCUT2D eigenvalue weighted by molar-refractivity contribution is 5.96. The van der Waals surface area contributed by atoms with E-state index in [1.807, 2.05) is 4.68 Å². The zero-order valence-corrected chi connectivity index (χ0v) is 22.3. The number of piperidine rings is 1. The molecular weight excluding hydrogens is 450 g/mol. The summed E-state index contributed by atoms with van der Waals surface area (Å²) in [5, 5.41) is 11.6. The SMILES string of the molecule is CNC1CCN(CCn2ncc(C(=O)NC3C4CC5CC(C4)CC3C5)c2OCC2CCCCC2)CC1. The number of carbonyl (C=O) groups is 1. The molecule has 7 nitrogen and oxygen atoms in total. The van der Waals surface area contributed by atoms with Crippen molar-refractivity contribution in [2.45, 2.75) is 95.7 Å². The van der Waals surface area contributed by atoms with Gasteiger partial charge in [0.05, 0.1) is 19.3 Å². The van der Waals surface area contributed by atoms with Crippen LogP contribution in [0.1, 0.15) is 87.4 Å². The van der Waals surface area contributed by atoms with Crippen LogP contribution in [0.3, 0.4) is 0 Å². The fourth-order valence-electron chi connectivity index (χ4n) is 8.46. The second-order valence-electron chi connectivity index (χ2n) is 12.7. The minimum Gasteiger partial charge on any atom is -0.477 e. The first-order chi connectivity index (χ1) is 17.7. The minimum absolute atomic E-state index is 0.0344. The van der Waals surface area contributed by atoms with Crippen LogP contribution in [0.4, 0.5) is 0 Å². The van der Waals surface area contributed by atoms with Gasteiger partial charge in [-0.15, -0.1) is 0 Å². The van der Waals surface area contributed by atoms with Crippen molar-refractivity contribution in [3.8, 4) is 5.88 Å². The second-order valence-corrected chi connectivity index (χ2v) is 12.7. The molecule has 0 unspecified atom stereocenters. The van der Waals surface area contributed by atoms with Gasteiger partial charge >= 0.3 is 0 Å². The van der Waals surface area contributed by atoms with E-state index >= 15 is 0 Å². The number of nitrogens with one attached hydrogen (secondary N) is 2. The van der Waals surface area contributed by atoms with Crippen molar-refractivity contribution < 1.29 is 9.53 Å². The normalized spacial score (nSPS) is 33.2. The van der Waals surface area contributed by atoms with Crippen molar-refractivity contribution in [3.63, 3.8) is 0 Å². The molecule has 0 aromatic carbocycles. The van der Waals surface area contributed by atoms with Crippen LogP contribution in [-0.4, -0.2) is 66.0 Å². The van der Waals surface area contributed by atoms with Gasteiger partial charge in [0.1, 0.15) is 5.56 Å². The molecule has 1 aliphatic heterocycles. The maximum atomic E-state index is 13.6. The lowest BCUT2D eigenvalue weighted by Gasteiger charge is -2.54. The van der Waals surface area contributed by atoms with Crippen LogP contribution in [0.25, 0.3) is 0 Å². The van der Waals surface area contributed by atoms with Crippen molar-refractivity contribution in [2.75, 3.05) is 33.3 Å². The Morgan fingerprint density at radius 3 is 2.33 bits per heavy atom. The lowest BCUT2D eigenvalue weighted by atomic mass is 9.54. The van der Waals surface area contributed by atoms with Gasteiger partial charge in [0.2, 0.25) is 5.88 Å². The summed E-state index contributed by atoms with van der Waals surface area (Å²) in [6.07, 6.45) is 17.3. The van der Waals surface area contributed by atoms with Gasteiger partial charge in [0.25, 0.3) is 5.91 Å². The van der Waals surface area contributed by atoms with E-state index in [9.17, 15) is 4.79 Å². The Morgan fingerprint density at radius 1 is 0.972 bits per heavy atom. The monoisotopic (exact) mass is 497 g/mol. The first-order valence-corrected chi connectivity index (χ1v) is 15.1. The van der Waals surface area contributed by atoms with Gasteiger partial charge in [-0.3, -0.25) is 4.79 Å². The number of hydrogen-bond acceptors (Lipinski definition) is 5. The number of aromatic nitrogens is 2. The molecule has 0 radical (unpaired) electrons. The van der Waals surface area contributed by atoms with Crippen LogP contribution in [0.5, 0.6) is 5.88 Å². The van der Waals surface area contributed by atoms with E-state index < -0.39 is 0 Å². The fourth-order valence-corrected chi connectivity index (χ4v) is 8.46. The molecule has 2 N–H and O–H groups in total. The molecule has 0 spiro atoms. The summed E-state index contributed by atoms with van der Waals surface area (Å²) in [4.78, 5) is 16.2. The maximum absolute atomic E-state index is 13.6. The third kappa shape index (κ3) is 5.33. The number of hydrogen-bond donors (Lipinski definition) is 2. The van der Waals surface area contributed by atoms with Gasteiger partial charge in [-0.25, -0.2) is 4.68 Å². The largest absolute Gasteiger partial charge is 0.477 e. The lowest BCUT2D eigenvalue weighted by Crippen LogP contribution is -2.55. The Kier molecular flexibility index (Phi) is 7.57. The van der Waals surface area contributed by atoms with E-state index in [1.54, 1.807) is 6.20 Å². The van der Waals surface area contributed by atoms with Crippen molar-refractivity contribution in [3.05, 3.63) is 11.8 Å². The van der Waals surface area contributed by atoms with Crippen molar-refractivity contribution >= 4 is 5.91 Å². The third-order valence-corrected chi connectivity index (χ3v) is 10.4. The molecule has 1 saturated heterocycles. The standard InChI is InChI=1S/C29H47N5O2/c1-30-25-7-9-33(10-8-25)11-12-34-29(36-19-20-5-3-2-4-6-20)26(18-31-34)28(35)32-27-23-14-21-13-22(16-23)17-24(27)15-21/h18,20-25,27,30H,2-17,19H2,1H3,(H,32,35). The van der Waals surface area contributed by atoms with E-state index in [0.29, 0.717) is 47.9 Å². The molecular formula is C29H47N5O2. The molecule has 7 heteroatoms. The topological polar surface area (TPSA) is 71.4 Å². The molecule has 0 atom stereocenters. The first kappa shape index (κ1) is 24.7. The zero-order chi connectivity index (χ0) is 24.5. The predicted octanol–water partition coefficient (Wildman–Crippen LogP) is 4.08. The summed E-state index contributed by atoms with van der Waals surface area (Å²) < 4.78 is 8.43. The number of nitrogens with zero attached hydrogens (tertiary/aromatic N) is 3. The zero-order valence-electron chi connectivity index (χ0n) is 22.3. The summed E-state index contributed by atoms with van der Waals surface area (Å²) in [5.74, 6) is 4.51. The van der Waals surface area contributed by atoms with E-state index in [1.165, 1.54) is 77.0 Å². The third-order valence-electron chi connectivity index (χ3n) is 10.4. The van der Waals surface area contributed by atoms with Crippen LogP contribution < -0.4 is 15.4 Å². The Balaban J connectivity index is 1.13. The second kappa shape index (κ2) is 11.0. The number of likely N-dealkylation sites (tertiary alicyclic amines) is 1. The number of ether oxygens (including phenoxy) is 1. The highest BCUT2D eigenvalue weighted by atomic mass is 16.5. The van der Waals surface area contributed by atoms with Gasteiger partial charge < -0.3 is 20.3 Å². The van der Waals surface area contributed by atoms with Crippen LogP contribution in [0.2, 0.25) is 0 Å². The van der Waals surface area contributed by atoms with Gasteiger partial charge in [-0.2, -0.15) is 5.10 Å². The average Bonchev–Trinajstić information content (AvgIpc) is 3.31. The Hall–Kier alpha value is -1.60. The molecule has 7 rings (SSSR count). The van der Waals surface area contributed by atoms with Gasteiger partial charge in [-0.1, -0.05) is 19.3 Å². The first-order valence-electron chi connectivity index (χ1n) is 15.1. The summed E-state index contributed by atoms with van der Waals surface area (Å²) in [6, 6.07) is 0.981. The maximum Gasteiger partial charge on any atom is 0.258 e. The molecule has 4 bridgehead atoms. The number of carbonyl (C=O) groups excluding carboxylic acids is 1. The quantitative estimate of drug-likeness (QED) is 0.538. The molecule has 5 saturated carbocycles. The predicted molar refractivity (Wildman–Crippen MR) is 141 cm³/mol.